The molecule has 1 atom stereocenters. The van der Waals surface area contributed by atoms with Crippen molar-refractivity contribution in [3.05, 3.63) is 6.33 Å². The van der Waals surface area contributed by atoms with E-state index in [-0.39, 0.29) is 5.75 Å². The fourth-order valence-corrected chi connectivity index (χ4v) is 2.08. The van der Waals surface area contributed by atoms with Crippen LogP contribution in [0.4, 0.5) is 0 Å². The molecule has 0 fully saturated rings. The largest absolute Gasteiger partial charge is 0.481 e. The van der Waals surface area contributed by atoms with E-state index >= 15 is 0 Å². The highest BCUT2D eigenvalue weighted by Crippen LogP contribution is 2.17. The van der Waals surface area contributed by atoms with Crippen LogP contribution >= 0.6 is 23.5 Å². The predicted octanol–water partition coefficient (Wildman–Crippen LogP) is 1.60. The molecule has 0 bridgehead atoms. The number of hydrogen-bond acceptors (Lipinski definition) is 5. The number of carbonyl (C=O) groups is 1. The van der Waals surface area contributed by atoms with Crippen LogP contribution in [0.2, 0.25) is 0 Å². The third-order valence-corrected chi connectivity index (χ3v) is 4.09. The average Bonchev–Trinajstić information content (AvgIpc) is 2.70. The van der Waals surface area contributed by atoms with E-state index in [1.54, 1.807) is 6.33 Å². The monoisotopic (exact) mass is 261 g/mol. The van der Waals surface area contributed by atoms with E-state index in [1.165, 1.54) is 11.8 Å². The smallest absolute Gasteiger partial charge is 0.313 e. The minimum atomic E-state index is -0.836. The zero-order valence-corrected chi connectivity index (χ0v) is 10.9. The molecular weight excluding hydrogens is 246 g/mol. The van der Waals surface area contributed by atoms with Crippen molar-refractivity contribution in [3.8, 4) is 0 Å². The van der Waals surface area contributed by atoms with Crippen LogP contribution in [0.5, 0.6) is 0 Å². The second kappa shape index (κ2) is 6.80. The van der Waals surface area contributed by atoms with Crippen molar-refractivity contribution in [2.24, 2.45) is 0 Å². The van der Waals surface area contributed by atoms with Crippen LogP contribution in [0.1, 0.15) is 13.3 Å². The maximum Gasteiger partial charge on any atom is 0.313 e. The van der Waals surface area contributed by atoms with Gasteiger partial charge >= 0.3 is 5.97 Å². The molecule has 1 rings (SSSR count). The Kier molecular flexibility index (Phi) is 5.68. The molecule has 0 aliphatic heterocycles. The van der Waals surface area contributed by atoms with E-state index in [1.807, 2.05) is 16.3 Å². The molecule has 0 saturated carbocycles. The molecular formula is C9H15N3O2S2. The summed E-state index contributed by atoms with van der Waals surface area (Å²) in [6.45, 7) is 3.00. The summed E-state index contributed by atoms with van der Waals surface area (Å²) in [6, 6.07) is 0. The van der Waals surface area contributed by atoms with E-state index in [4.69, 9.17) is 5.11 Å². The van der Waals surface area contributed by atoms with Gasteiger partial charge in [-0.2, -0.15) is 11.8 Å². The summed E-state index contributed by atoms with van der Waals surface area (Å²) in [4.78, 5) is 10.4. The number of carboxylic acids is 1. The lowest BCUT2D eigenvalue weighted by molar-refractivity contribution is -0.133. The highest BCUT2D eigenvalue weighted by atomic mass is 32.2. The molecule has 1 aromatic rings. The van der Waals surface area contributed by atoms with Gasteiger partial charge in [-0.3, -0.25) is 4.79 Å². The van der Waals surface area contributed by atoms with Crippen molar-refractivity contribution in [1.82, 2.24) is 14.8 Å². The molecule has 0 spiro atoms. The average molecular weight is 261 g/mol. The number of aliphatic carboxylic acids is 1. The summed E-state index contributed by atoms with van der Waals surface area (Å²) in [5, 5.41) is 17.5. The molecule has 0 aliphatic carbocycles. The Morgan fingerprint density at radius 3 is 3.06 bits per heavy atom. The van der Waals surface area contributed by atoms with Crippen molar-refractivity contribution in [3.63, 3.8) is 0 Å². The van der Waals surface area contributed by atoms with Crippen LogP contribution in [0.3, 0.4) is 0 Å². The van der Waals surface area contributed by atoms with Crippen molar-refractivity contribution in [1.29, 1.82) is 0 Å². The summed E-state index contributed by atoms with van der Waals surface area (Å²) in [6.07, 6.45) is 4.76. The minimum Gasteiger partial charge on any atom is -0.481 e. The second-order valence-electron chi connectivity index (χ2n) is 3.32. The van der Waals surface area contributed by atoms with E-state index in [0.29, 0.717) is 10.4 Å². The zero-order valence-electron chi connectivity index (χ0n) is 9.29. The normalized spacial score (nSPS) is 12.6. The Morgan fingerprint density at radius 2 is 2.44 bits per heavy atom. The lowest BCUT2D eigenvalue weighted by Crippen LogP contribution is -2.06. The summed E-state index contributed by atoms with van der Waals surface area (Å²) in [5.41, 5.74) is 0. The lowest BCUT2D eigenvalue weighted by Gasteiger charge is -2.09. The van der Waals surface area contributed by atoms with Gasteiger partial charge in [0.05, 0.1) is 5.75 Å². The molecule has 1 N–H and O–H groups in total. The minimum absolute atomic E-state index is 0.0246. The van der Waals surface area contributed by atoms with Crippen molar-refractivity contribution >= 4 is 29.5 Å². The maximum atomic E-state index is 10.4. The quantitative estimate of drug-likeness (QED) is 0.752. The van der Waals surface area contributed by atoms with E-state index < -0.39 is 5.97 Å². The number of nitrogens with zero attached hydrogens (tertiary/aromatic N) is 3. The summed E-state index contributed by atoms with van der Waals surface area (Å²) in [5.74, 6) is -0.812. The van der Waals surface area contributed by atoms with Crippen LogP contribution < -0.4 is 0 Å². The van der Waals surface area contributed by atoms with E-state index in [9.17, 15) is 4.79 Å². The van der Waals surface area contributed by atoms with Gasteiger partial charge in [0, 0.05) is 11.8 Å². The van der Waals surface area contributed by atoms with Gasteiger partial charge in [-0.1, -0.05) is 18.7 Å². The molecule has 7 heteroatoms. The molecule has 1 heterocycles. The fraction of sp³-hybridized carbons (Fsp3) is 0.667. The maximum absolute atomic E-state index is 10.4. The van der Waals surface area contributed by atoms with Crippen LogP contribution in [0.25, 0.3) is 0 Å². The second-order valence-corrected chi connectivity index (χ2v) is 5.54. The Balaban J connectivity index is 2.46. The molecule has 0 aliphatic rings. The number of hydrogen-bond donors (Lipinski definition) is 1. The summed E-state index contributed by atoms with van der Waals surface area (Å²) >= 11 is 3.02. The third kappa shape index (κ3) is 4.44. The fourth-order valence-electron chi connectivity index (χ4n) is 1.07. The first kappa shape index (κ1) is 13.4. The molecule has 0 aromatic carbocycles. The van der Waals surface area contributed by atoms with Gasteiger partial charge < -0.3 is 9.67 Å². The molecule has 90 valence electrons. The standard InChI is InChI=1S/C9H15N3O2S2/c1-7(15-2)3-4-12-6-10-11-9(12)16-5-8(13)14/h6-7H,3-5H2,1-2H3,(H,13,14). The van der Waals surface area contributed by atoms with Gasteiger partial charge in [0.15, 0.2) is 5.16 Å². The molecule has 1 unspecified atom stereocenters. The van der Waals surface area contributed by atoms with Crippen molar-refractivity contribution < 1.29 is 9.90 Å². The molecule has 0 radical (unpaired) electrons. The van der Waals surface area contributed by atoms with E-state index in [0.717, 1.165) is 13.0 Å². The molecule has 16 heavy (non-hydrogen) atoms. The SMILES string of the molecule is CSC(C)CCn1cnnc1SCC(=O)O. The van der Waals surface area contributed by atoms with Crippen LogP contribution in [0, 0.1) is 0 Å². The summed E-state index contributed by atoms with van der Waals surface area (Å²) in [7, 11) is 0. The third-order valence-electron chi connectivity index (χ3n) is 2.08. The first-order valence-corrected chi connectivity index (χ1v) is 7.16. The highest BCUT2D eigenvalue weighted by Gasteiger charge is 2.08. The van der Waals surface area contributed by atoms with Gasteiger partial charge in [0.2, 0.25) is 0 Å². The Hall–Kier alpha value is -0.690. The Morgan fingerprint density at radius 1 is 1.69 bits per heavy atom. The van der Waals surface area contributed by atoms with E-state index in [2.05, 4.69) is 23.4 Å². The van der Waals surface area contributed by atoms with Gasteiger partial charge in [0.1, 0.15) is 6.33 Å². The highest BCUT2D eigenvalue weighted by molar-refractivity contribution is 7.99. The van der Waals surface area contributed by atoms with Gasteiger partial charge in [-0.25, -0.2) is 0 Å². The number of aryl methyl sites for hydroxylation is 1. The molecule has 0 amide bonds. The topological polar surface area (TPSA) is 68.0 Å². The number of thioether (sulfide) groups is 2. The van der Waals surface area contributed by atoms with Gasteiger partial charge in [-0.15, -0.1) is 10.2 Å². The zero-order chi connectivity index (χ0) is 12.0. The van der Waals surface area contributed by atoms with Gasteiger partial charge in [-0.05, 0) is 12.7 Å². The Bertz CT molecular complexity index is 343. The number of aromatic nitrogens is 3. The van der Waals surface area contributed by atoms with Crippen LogP contribution in [0.15, 0.2) is 11.5 Å². The molecule has 1 aromatic heterocycles. The lowest BCUT2D eigenvalue weighted by atomic mass is 10.3. The first-order valence-electron chi connectivity index (χ1n) is 4.88. The van der Waals surface area contributed by atoms with Crippen molar-refractivity contribution in [2.75, 3.05) is 12.0 Å². The first-order chi connectivity index (χ1) is 7.63. The predicted molar refractivity (Wildman–Crippen MR) is 66.0 cm³/mol. The summed E-state index contributed by atoms with van der Waals surface area (Å²) < 4.78 is 1.90. The van der Waals surface area contributed by atoms with Crippen molar-refractivity contribution in [2.45, 2.75) is 30.3 Å². The molecule has 0 saturated heterocycles. The number of rotatable bonds is 7. The Labute approximate surface area is 103 Å². The van der Waals surface area contributed by atoms with Crippen LogP contribution in [-0.4, -0.2) is 43.1 Å². The van der Waals surface area contributed by atoms with Crippen LogP contribution in [-0.2, 0) is 11.3 Å². The molecule has 5 nitrogen and oxygen atoms in total. The number of carboxylic acid groups (broad SMARTS) is 1. The van der Waals surface area contributed by atoms with Gasteiger partial charge in [0.25, 0.3) is 0 Å².